The lowest BCUT2D eigenvalue weighted by Gasteiger charge is -2.25. The molecule has 0 spiro atoms. The number of benzene rings is 1. The summed E-state index contributed by atoms with van der Waals surface area (Å²) in [6.07, 6.45) is 0. The summed E-state index contributed by atoms with van der Waals surface area (Å²) in [5, 5.41) is 2.79. The molecule has 4 rings (SSSR count). The first-order valence-electron chi connectivity index (χ1n) is 8.73. The number of nitrogens with zero attached hydrogens (tertiary/aromatic N) is 1. The smallest absolute Gasteiger partial charge is 0.291 e. The van der Waals surface area contributed by atoms with Crippen LogP contribution in [0.2, 0.25) is 0 Å². The fourth-order valence-electron chi connectivity index (χ4n) is 3.11. The molecule has 0 atom stereocenters. The van der Waals surface area contributed by atoms with Gasteiger partial charge in [0.05, 0.1) is 19.8 Å². The number of furan rings is 2. The van der Waals surface area contributed by atoms with Crippen LogP contribution in [0.1, 0.15) is 26.9 Å². The van der Waals surface area contributed by atoms with E-state index in [4.69, 9.17) is 19.3 Å². The summed E-state index contributed by atoms with van der Waals surface area (Å²) in [6.45, 7) is 3.46. The number of nitrogens with one attached hydrogen (secondary N) is 1. The number of morpholine rings is 1. The summed E-state index contributed by atoms with van der Waals surface area (Å²) < 4.78 is 29.9. The molecule has 3 aromatic rings. The molecular weight excluding hydrogens is 369 g/mol. The Morgan fingerprint density at radius 3 is 2.68 bits per heavy atom. The van der Waals surface area contributed by atoms with E-state index in [1.165, 1.54) is 18.2 Å². The van der Waals surface area contributed by atoms with Crippen LogP contribution in [0.25, 0.3) is 11.0 Å². The van der Waals surface area contributed by atoms with E-state index in [2.05, 4.69) is 10.2 Å². The number of anilines is 1. The van der Waals surface area contributed by atoms with Crippen LogP contribution in [-0.2, 0) is 11.3 Å². The van der Waals surface area contributed by atoms with Crippen molar-refractivity contribution in [1.29, 1.82) is 0 Å². The minimum Gasteiger partial charge on any atom is -0.455 e. The van der Waals surface area contributed by atoms with Crippen molar-refractivity contribution in [2.75, 3.05) is 31.6 Å². The van der Waals surface area contributed by atoms with Crippen molar-refractivity contribution >= 4 is 28.5 Å². The van der Waals surface area contributed by atoms with E-state index in [1.54, 1.807) is 6.07 Å². The lowest BCUT2D eigenvalue weighted by atomic mass is 10.2. The fourth-order valence-corrected chi connectivity index (χ4v) is 3.11. The van der Waals surface area contributed by atoms with Crippen molar-refractivity contribution in [3.05, 3.63) is 53.4 Å². The molecule has 8 nitrogen and oxygen atoms in total. The predicted octanol–water partition coefficient (Wildman–Crippen LogP) is 2.35. The van der Waals surface area contributed by atoms with E-state index >= 15 is 0 Å². The van der Waals surface area contributed by atoms with Gasteiger partial charge in [0.25, 0.3) is 11.8 Å². The van der Waals surface area contributed by atoms with Crippen LogP contribution in [-0.4, -0.2) is 43.0 Å². The summed E-state index contributed by atoms with van der Waals surface area (Å²) in [4.78, 5) is 26.4. The van der Waals surface area contributed by atoms with Crippen LogP contribution in [0.3, 0.4) is 0 Å². The monoisotopic (exact) mass is 387 g/mol. The number of primary amides is 1. The SMILES string of the molecule is NC(=O)c1oc2ccc(F)cc2c1NC(=O)c1ccc(CN2CCOCC2)o1. The van der Waals surface area contributed by atoms with Crippen LogP contribution in [0.15, 0.2) is 39.2 Å². The number of amides is 2. The number of fused-ring (bicyclic) bond motifs is 1. The standard InChI is InChI=1S/C19H18FN3O5/c20-11-1-3-14-13(9-11)16(17(28-14)18(21)24)22-19(25)15-4-2-12(27-15)10-23-5-7-26-8-6-23/h1-4,9H,5-8,10H2,(H2,21,24)(H,22,25). The lowest BCUT2D eigenvalue weighted by molar-refractivity contribution is 0.0312. The lowest BCUT2D eigenvalue weighted by Crippen LogP contribution is -2.35. The van der Waals surface area contributed by atoms with Gasteiger partial charge in [0.15, 0.2) is 5.76 Å². The molecule has 0 unspecified atom stereocenters. The Bertz CT molecular complexity index is 1040. The first-order chi connectivity index (χ1) is 13.5. The van der Waals surface area contributed by atoms with E-state index in [-0.39, 0.29) is 28.2 Å². The number of hydrogen-bond acceptors (Lipinski definition) is 6. The number of rotatable bonds is 5. The zero-order valence-electron chi connectivity index (χ0n) is 14.9. The molecule has 3 N–H and O–H groups in total. The Labute approximate surface area is 159 Å². The number of carbonyl (C=O) groups excluding carboxylic acids is 2. The molecule has 2 aromatic heterocycles. The summed E-state index contributed by atoms with van der Waals surface area (Å²) in [7, 11) is 0. The number of halogens is 1. The van der Waals surface area contributed by atoms with Gasteiger partial charge in [0.2, 0.25) is 5.76 Å². The molecule has 3 heterocycles. The van der Waals surface area contributed by atoms with Gasteiger partial charge in [-0.3, -0.25) is 14.5 Å². The molecule has 0 bridgehead atoms. The van der Waals surface area contributed by atoms with E-state index < -0.39 is 17.6 Å². The molecule has 0 radical (unpaired) electrons. The first-order valence-corrected chi connectivity index (χ1v) is 8.73. The predicted molar refractivity (Wildman–Crippen MR) is 97.4 cm³/mol. The second-order valence-corrected chi connectivity index (χ2v) is 6.42. The summed E-state index contributed by atoms with van der Waals surface area (Å²) in [5.74, 6) is -1.57. The number of ether oxygens (including phenoxy) is 1. The molecule has 1 aromatic carbocycles. The molecule has 1 aliphatic rings. The fraction of sp³-hybridized carbons (Fsp3) is 0.263. The minimum absolute atomic E-state index is 0.0122. The largest absolute Gasteiger partial charge is 0.455 e. The highest BCUT2D eigenvalue weighted by molar-refractivity contribution is 6.13. The Hall–Kier alpha value is -3.17. The molecule has 1 fully saturated rings. The van der Waals surface area contributed by atoms with Crippen LogP contribution < -0.4 is 11.1 Å². The normalized spacial score (nSPS) is 15.0. The molecule has 0 aliphatic carbocycles. The molecule has 146 valence electrons. The van der Waals surface area contributed by atoms with Crippen molar-refractivity contribution in [3.8, 4) is 0 Å². The number of nitrogens with two attached hydrogens (primary N) is 1. The van der Waals surface area contributed by atoms with Gasteiger partial charge in [-0.1, -0.05) is 0 Å². The molecular formula is C19H18FN3O5. The van der Waals surface area contributed by atoms with E-state index in [9.17, 15) is 14.0 Å². The zero-order chi connectivity index (χ0) is 19.7. The van der Waals surface area contributed by atoms with Gasteiger partial charge in [-0.2, -0.15) is 0 Å². The summed E-state index contributed by atoms with van der Waals surface area (Å²) in [5.41, 5.74) is 5.57. The topological polar surface area (TPSA) is 111 Å². The summed E-state index contributed by atoms with van der Waals surface area (Å²) >= 11 is 0. The van der Waals surface area contributed by atoms with Crippen molar-refractivity contribution in [3.63, 3.8) is 0 Å². The van der Waals surface area contributed by atoms with Gasteiger partial charge in [0, 0.05) is 18.5 Å². The van der Waals surface area contributed by atoms with Gasteiger partial charge in [0.1, 0.15) is 22.8 Å². The van der Waals surface area contributed by atoms with Gasteiger partial charge >= 0.3 is 0 Å². The first kappa shape index (κ1) is 18.2. The highest BCUT2D eigenvalue weighted by atomic mass is 19.1. The highest BCUT2D eigenvalue weighted by Gasteiger charge is 2.23. The average Bonchev–Trinajstić information content (AvgIpc) is 3.28. The third kappa shape index (κ3) is 3.62. The molecule has 0 saturated carbocycles. The van der Waals surface area contributed by atoms with Crippen LogP contribution >= 0.6 is 0 Å². The minimum atomic E-state index is -0.876. The van der Waals surface area contributed by atoms with Gasteiger partial charge in [-0.15, -0.1) is 0 Å². The molecule has 9 heteroatoms. The molecule has 1 saturated heterocycles. The van der Waals surface area contributed by atoms with Crippen molar-refractivity contribution in [2.24, 2.45) is 5.73 Å². The zero-order valence-corrected chi connectivity index (χ0v) is 14.9. The van der Waals surface area contributed by atoms with E-state index in [0.29, 0.717) is 25.5 Å². The van der Waals surface area contributed by atoms with Crippen LogP contribution in [0.5, 0.6) is 0 Å². The maximum Gasteiger partial charge on any atom is 0.291 e. The van der Waals surface area contributed by atoms with Gasteiger partial charge in [-0.05, 0) is 30.3 Å². The third-order valence-electron chi connectivity index (χ3n) is 4.48. The van der Waals surface area contributed by atoms with Crippen LogP contribution in [0.4, 0.5) is 10.1 Å². The quantitative estimate of drug-likeness (QED) is 0.695. The second kappa shape index (κ2) is 7.45. The van der Waals surface area contributed by atoms with E-state index in [1.807, 2.05) is 0 Å². The molecule has 1 aliphatic heterocycles. The van der Waals surface area contributed by atoms with Crippen molar-refractivity contribution < 1.29 is 27.6 Å². The van der Waals surface area contributed by atoms with Gasteiger partial charge < -0.3 is 24.6 Å². The second-order valence-electron chi connectivity index (χ2n) is 6.42. The maximum atomic E-state index is 13.6. The number of carbonyl (C=O) groups is 2. The summed E-state index contributed by atoms with van der Waals surface area (Å²) in [6, 6.07) is 6.96. The average molecular weight is 387 g/mol. The Morgan fingerprint density at radius 1 is 1.14 bits per heavy atom. The highest BCUT2D eigenvalue weighted by Crippen LogP contribution is 2.32. The Balaban J connectivity index is 1.56. The Morgan fingerprint density at radius 2 is 1.93 bits per heavy atom. The molecule has 2 amide bonds. The number of hydrogen-bond donors (Lipinski definition) is 2. The third-order valence-corrected chi connectivity index (χ3v) is 4.48. The van der Waals surface area contributed by atoms with Gasteiger partial charge in [-0.25, -0.2) is 4.39 Å². The Kier molecular flexibility index (Phi) is 4.84. The van der Waals surface area contributed by atoms with E-state index in [0.717, 1.165) is 19.2 Å². The van der Waals surface area contributed by atoms with Crippen LogP contribution in [0, 0.1) is 5.82 Å². The van der Waals surface area contributed by atoms with Crippen molar-refractivity contribution in [2.45, 2.75) is 6.54 Å². The van der Waals surface area contributed by atoms with Crippen molar-refractivity contribution in [1.82, 2.24) is 4.90 Å². The molecule has 28 heavy (non-hydrogen) atoms. The maximum absolute atomic E-state index is 13.6.